The molecule has 1 fully saturated rings. The Balaban J connectivity index is 1.37. The summed E-state index contributed by atoms with van der Waals surface area (Å²) in [6.07, 6.45) is 1.79. The van der Waals surface area contributed by atoms with E-state index in [0.29, 0.717) is 18.9 Å². The number of pyridine rings is 1. The van der Waals surface area contributed by atoms with Gasteiger partial charge in [-0.05, 0) is 51.6 Å². The van der Waals surface area contributed by atoms with Crippen LogP contribution in [-0.2, 0) is 0 Å². The number of piperazine rings is 1. The Bertz CT molecular complexity index is 1170. The van der Waals surface area contributed by atoms with Gasteiger partial charge in [-0.2, -0.15) is 0 Å². The predicted molar refractivity (Wildman–Crippen MR) is 125 cm³/mol. The van der Waals surface area contributed by atoms with Gasteiger partial charge in [-0.25, -0.2) is 14.6 Å². The van der Waals surface area contributed by atoms with Crippen LogP contribution in [0.1, 0.15) is 10.6 Å². The molecule has 0 unspecified atom stereocenters. The molecule has 0 spiro atoms. The van der Waals surface area contributed by atoms with Gasteiger partial charge in [0.15, 0.2) is 5.82 Å². The summed E-state index contributed by atoms with van der Waals surface area (Å²) >= 11 is 4.99. The Labute approximate surface area is 192 Å². The number of benzene rings is 1. The van der Waals surface area contributed by atoms with Crippen molar-refractivity contribution >= 4 is 39.0 Å². The van der Waals surface area contributed by atoms with Gasteiger partial charge in [0.1, 0.15) is 5.82 Å². The van der Waals surface area contributed by atoms with Gasteiger partial charge in [-0.3, -0.25) is 4.79 Å². The van der Waals surface area contributed by atoms with Crippen molar-refractivity contribution in [2.45, 2.75) is 0 Å². The molecule has 5 rings (SSSR count). The molecule has 1 aromatic carbocycles. The topological polar surface area (TPSA) is 67.2 Å². The molecule has 9 heteroatoms. The van der Waals surface area contributed by atoms with Crippen LogP contribution in [0.3, 0.4) is 0 Å². The smallest absolute Gasteiger partial charge is 0.293 e. The average Bonchev–Trinajstić information content (AvgIpc) is 3.50. The van der Waals surface area contributed by atoms with Crippen LogP contribution < -0.4 is 4.90 Å². The molecular formula is C22H19BrN6OS. The molecule has 31 heavy (non-hydrogen) atoms. The summed E-state index contributed by atoms with van der Waals surface area (Å²) in [5.41, 5.74) is 0.878. The number of thiophene rings is 1. The first kappa shape index (κ1) is 19.9. The lowest BCUT2D eigenvalue weighted by Gasteiger charge is -2.34. The SMILES string of the molecule is O=C(c1nc(-c2cccs2)n(-c2ccccc2)n1)N1CCN(c2ccc(Br)cn2)CC1. The van der Waals surface area contributed by atoms with Gasteiger partial charge < -0.3 is 9.80 Å². The number of para-hydroxylation sites is 1. The first-order chi connectivity index (χ1) is 15.2. The molecule has 3 aromatic heterocycles. The Kier molecular flexibility index (Phi) is 5.52. The molecule has 4 aromatic rings. The molecule has 1 saturated heterocycles. The number of halogens is 1. The monoisotopic (exact) mass is 494 g/mol. The second-order valence-electron chi connectivity index (χ2n) is 7.10. The summed E-state index contributed by atoms with van der Waals surface area (Å²) < 4.78 is 2.70. The van der Waals surface area contributed by atoms with Crippen LogP contribution in [0.2, 0.25) is 0 Å². The fourth-order valence-corrected chi connectivity index (χ4v) is 4.49. The Morgan fingerprint density at radius 2 is 1.77 bits per heavy atom. The van der Waals surface area contributed by atoms with E-state index in [4.69, 9.17) is 0 Å². The number of hydrogen-bond donors (Lipinski definition) is 0. The number of rotatable bonds is 4. The summed E-state index contributed by atoms with van der Waals surface area (Å²) in [4.78, 5) is 27.3. The van der Waals surface area contributed by atoms with Crippen molar-refractivity contribution in [3.63, 3.8) is 0 Å². The van der Waals surface area contributed by atoms with Crippen LogP contribution in [0.25, 0.3) is 16.4 Å². The minimum Gasteiger partial charge on any atom is -0.353 e. The zero-order valence-corrected chi connectivity index (χ0v) is 19.0. The third-order valence-electron chi connectivity index (χ3n) is 5.14. The van der Waals surface area contributed by atoms with Gasteiger partial charge in [-0.1, -0.05) is 24.3 Å². The highest BCUT2D eigenvalue weighted by Gasteiger charge is 2.27. The Morgan fingerprint density at radius 3 is 2.45 bits per heavy atom. The van der Waals surface area contributed by atoms with E-state index in [-0.39, 0.29) is 11.7 Å². The third-order valence-corrected chi connectivity index (χ3v) is 6.48. The van der Waals surface area contributed by atoms with Crippen molar-refractivity contribution in [2.75, 3.05) is 31.1 Å². The van der Waals surface area contributed by atoms with Gasteiger partial charge in [0.2, 0.25) is 5.82 Å². The van der Waals surface area contributed by atoms with Crippen LogP contribution >= 0.6 is 27.3 Å². The second kappa shape index (κ2) is 8.60. The first-order valence-electron chi connectivity index (χ1n) is 9.91. The van der Waals surface area contributed by atoms with Crippen molar-refractivity contribution in [1.82, 2.24) is 24.6 Å². The molecule has 7 nitrogen and oxygen atoms in total. The number of carbonyl (C=O) groups is 1. The lowest BCUT2D eigenvalue weighted by atomic mass is 10.3. The molecule has 4 heterocycles. The number of anilines is 1. The number of hydrogen-bond acceptors (Lipinski definition) is 6. The Morgan fingerprint density at radius 1 is 0.968 bits per heavy atom. The van der Waals surface area contributed by atoms with Gasteiger partial charge >= 0.3 is 0 Å². The largest absolute Gasteiger partial charge is 0.353 e. The molecule has 1 aliphatic rings. The quantitative estimate of drug-likeness (QED) is 0.426. The van der Waals surface area contributed by atoms with Gasteiger partial charge in [-0.15, -0.1) is 16.4 Å². The number of carbonyl (C=O) groups excluding carboxylic acids is 1. The van der Waals surface area contributed by atoms with E-state index in [2.05, 4.69) is 35.9 Å². The Hall–Kier alpha value is -3.04. The molecular weight excluding hydrogens is 476 g/mol. The molecule has 0 bridgehead atoms. The zero-order chi connectivity index (χ0) is 21.2. The summed E-state index contributed by atoms with van der Waals surface area (Å²) in [5.74, 6) is 1.68. The van der Waals surface area contributed by atoms with Crippen molar-refractivity contribution < 1.29 is 4.79 Å². The number of aromatic nitrogens is 4. The summed E-state index contributed by atoms with van der Waals surface area (Å²) in [6, 6.07) is 17.7. The van der Waals surface area contributed by atoms with Crippen molar-refractivity contribution in [3.05, 3.63) is 76.5 Å². The number of nitrogens with zero attached hydrogens (tertiary/aromatic N) is 6. The summed E-state index contributed by atoms with van der Waals surface area (Å²) in [7, 11) is 0. The van der Waals surface area contributed by atoms with E-state index in [1.807, 2.05) is 64.9 Å². The maximum atomic E-state index is 13.2. The lowest BCUT2D eigenvalue weighted by molar-refractivity contribution is 0.0734. The lowest BCUT2D eigenvalue weighted by Crippen LogP contribution is -2.49. The van der Waals surface area contributed by atoms with Gasteiger partial charge in [0, 0.05) is 36.8 Å². The second-order valence-corrected chi connectivity index (χ2v) is 8.96. The highest BCUT2D eigenvalue weighted by molar-refractivity contribution is 9.10. The molecule has 1 amide bonds. The van der Waals surface area contributed by atoms with Gasteiger partial charge in [0.25, 0.3) is 5.91 Å². The van der Waals surface area contributed by atoms with E-state index in [0.717, 1.165) is 33.9 Å². The van der Waals surface area contributed by atoms with Crippen LogP contribution in [0, 0.1) is 0 Å². The minimum absolute atomic E-state index is 0.143. The molecule has 156 valence electrons. The predicted octanol–water partition coefficient (Wildman–Crippen LogP) is 4.12. The van der Waals surface area contributed by atoms with Crippen molar-refractivity contribution in [1.29, 1.82) is 0 Å². The molecule has 0 aliphatic carbocycles. The van der Waals surface area contributed by atoms with Crippen LogP contribution in [0.5, 0.6) is 0 Å². The molecule has 0 saturated carbocycles. The highest BCUT2D eigenvalue weighted by Crippen LogP contribution is 2.26. The fourth-order valence-electron chi connectivity index (χ4n) is 3.55. The molecule has 0 N–H and O–H groups in total. The molecule has 0 radical (unpaired) electrons. The average molecular weight is 495 g/mol. The third kappa shape index (κ3) is 4.11. The van der Waals surface area contributed by atoms with Crippen LogP contribution in [0.4, 0.5) is 5.82 Å². The normalized spacial score (nSPS) is 14.1. The van der Waals surface area contributed by atoms with E-state index < -0.39 is 0 Å². The molecule has 1 aliphatic heterocycles. The summed E-state index contributed by atoms with van der Waals surface area (Å²) in [6.45, 7) is 2.64. The fraction of sp³-hybridized carbons (Fsp3) is 0.182. The minimum atomic E-state index is -0.143. The maximum absolute atomic E-state index is 13.2. The number of amides is 1. The van der Waals surface area contributed by atoms with Gasteiger partial charge in [0.05, 0.1) is 10.6 Å². The zero-order valence-electron chi connectivity index (χ0n) is 16.6. The summed E-state index contributed by atoms with van der Waals surface area (Å²) in [5, 5.41) is 6.58. The van der Waals surface area contributed by atoms with E-state index in [1.165, 1.54) is 0 Å². The standard InChI is InChI=1S/C22H19BrN6OS/c23-16-8-9-19(24-15-16)27-10-12-28(13-11-27)22(30)20-25-21(18-7-4-14-31-18)29(26-20)17-5-2-1-3-6-17/h1-9,14-15H,10-13H2. The maximum Gasteiger partial charge on any atom is 0.293 e. The highest BCUT2D eigenvalue weighted by atomic mass is 79.9. The van der Waals surface area contributed by atoms with E-state index in [9.17, 15) is 4.79 Å². The van der Waals surface area contributed by atoms with Crippen LogP contribution in [0.15, 0.2) is 70.6 Å². The van der Waals surface area contributed by atoms with Crippen LogP contribution in [-0.4, -0.2) is 56.7 Å². The molecule has 0 atom stereocenters. The first-order valence-corrected chi connectivity index (χ1v) is 11.6. The van der Waals surface area contributed by atoms with Crippen molar-refractivity contribution in [2.24, 2.45) is 0 Å². The van der Waals surface area contributed by atoms with E-state index in [1.54, 1.807) is 22.2 Å². The van der Waals surface area contributed by atoms with E-state index >= 15 is 0 Å². The van der Waals surface area contributed by atoms with Crippen molar-refractivity contribution in [3.8, 4) is 16.4 Å².